The predicted octanol–water partition coefficient (Wildman–Crippen LogP) is 3.41. The Morgan fingerprint density at radius 2 is 1.63 bits per heavy atom. The van der Waals surface area contributed by atoms with E-state index in [0.717, 1.165) is 12.1 Å². The minimum atomic E-state index is -1.86. The van der Waals surface area contributed by atoms with Crippen LogP contribution in [0.1, 0.15) is 101 Å². The zero-order chi connectivity index (χ0) is 54.1. The highest BCUT2D eigenvalue weighted by molar-refractivity contribution is 5.89. The van der Waals surface area contributed by atoms with Gasteiger partial charge >= 0.3 is 12.1 Å². The molecule has 19 atom stereocenters. The van der Waals surface area contributed by atoms with E-state index >= 15 is 0 Å². The summed E-state index contributed by atoms with van der Waals surface area (Å²) in [5, 5.41) is 68.2. The molecule has 4 aliphatic rings. The van der Waals surface area contributed by atoms with Crippen molar-refractivity contribution in [2.24, 2.45) is 17.8 Å². The maximum absolute atomic E-state index is 14.5. The zero-order valence-corrected chi connectivity index (χ0v) is 44.8. The van der Waals surface area contributed by atoms with Crippen LogP contribution in [0.5, 0.6) is 0 Å². The third-order valence-corrected chi connectivity index (χ3v) is 15.9. The predicted molar refractivity (Wildman–Crippen MR) is 261 cm³/mol. The van der Waals surface area contributed by atoms with Crippen LogP contribution in [0.3, 0.4) is 0 Å². The van der Waals surface area contributed by atoms with Crippen LogP contribution in [0.25, 0.3) is 0 Å². The van der Waals surface area contributed by atoms with E-state index < -0.39 is 132 Å². The van der Waals surface area contributed by atoms with Crippen LogP contribution >= 0.6 is 0 Å². The number of nitrogens with zero attached hydrogens (tertiary/aromatic N) is 6. The highest BCUT2D eigenvalue weighted by atomic mass is 19.2. The third-order valence-electron chi connectivity index (χ3n) is 15.9. The molecule has 22 heteroatoms. The highest BCUT2D eigenvalue weighted by Crippen LogP contribution is 2.40. The molecule has 0 spiro atoms. The number of carbonyl (C=O) groups excluding carboxylic acids is 2. The topological polar surface area (TPSA) is 240 Å². The minimum absolute atomic E-state index is 0.0741. The largest absolute Gasteiger partial charge is 0.459 e. The average molecular weight is 1040 g/mol. The molecule has 6 rings (SSSR count). The molecule has 5 N–H and O–H groups in total. The molecule has 0 saturated carbocycles. The van der Waals surface area contributed by atoms with Gasteiger partial charge in [0.25, 0.3) is 0 Å². The van der Waals surface area contributed by atoms with E-state index in [-0.39, 0.29) is 44.0 Å². The first-order chi connectivity index (χ1) is 34.1. The van der Waals surface area contributed by atoms with Crippen molar-refractivity contribution in [2.45, 2.75) is 204 Å². The summed E-state index contributed by atoms with van der Waals surface area (Å²) in [5.41, 5.74) is -3.82. The maximum atomic E-state index is 14.5. The van der Waals surface area contributed by atoms with Crippen molar-refractivity contribution in [3.8, 4) is 0 Å². The third kappa shape index (κ3) is 13.4. The summed E-state index contributed by atoms with van der Waals surface area (Å²) in [6.07, 6.45) is -8.77. The number of rotatable bonds is 13. The summed E-state index contributed by atoms with van der Waals surface area (Å²) in [4.78, 5) is 32.2. The Labute approximate surface area is 428 Å². The van der Waals surface area contributed by atoms with Crippen LogP contribution in [-0.2, 0) is 50.9 Å². The number of aromatic nitrogens is 3. The zero-order valence-electron chi connectivity index (χ0n) is 44.8. The van der Waals surface area contributed by atoms with Gasteiger partial charge in [0, 0.05) is 63.3 Å². The normalized spacial score (nSPS) is 40.8. The van der Waals surface area contributed by atoms with Crippen LogP contribution in [-0.4, -0.2) is 200 Å². The summed E-state index contributed by atoms with van der Waals surface area (Å²) in [7, 11) is 5.17. The Bertz CT molecular complexity index is 2160. The van der Waals surface area contributed by atoms with Gasteiger partial charge in [0.05, 0.1) is 66.0 Å². The lowest BCUT2D eigenvalue weighted by atomic mass is 9.77. The lowest BCUT2D eigenvalue weighted by Gasteiger charge is -2.49. The van der Waals surface area contributed by atoms with E-state index in [1.807, 2.05) is 37.7 Å². The fraction of sp³-hybridized carbons (Fsp3) is 0.804. The van der Waals surface area contributed by atoms with Crippen molar-refractivity contribution in [1.29, 1.82) is 0 Å². The number of methoxy groups -OCH3 is 1. The molecule has 20 nitrogen and oxygen atoms in total. The van der Waals surface area contributed by atoms with Crippen molar-refractivity contribution < 1.29 is 77.1 Å². The SMILES string of the molecule is CC[C@H]1OC(=O)[C@H](C)[C@@H](O[C@H]2C[C@@](C)(OC)[C@@H](O)[C@H](C)O2)C(C)[C@@H](O[C@@H]2O[C@H](C)C[C@H](N(C)CCc3cn(C[C@H]4CN(c5ccc(F)c(F)c5)C(=O)O4)nn3)[C@H]2O)[C@](C)(O)C[C@@H](C)CN(C)[C@H](C)C(O)[C@]1(C)O. The molecule has 414 valence electrons. The van der Waals surface area contributed by atoms with Gasteiger partial charge in [-0.05, 0) is 99.9 Å². The van der Waals surface area contributed by atoms with Crippen LogP contribution in [0, 0.1) is 29.4 Å². The monoisotopic (exact) mass is 1040 g/mol. The number of likely N-dealkylation sites (N-methyl/N-ethyl adjacent to an activating group) is 2. The molecule has 2 unspecified atom stereocenters. The smallest absolute Gasteiger partial charge is 0.414 e. The van der Waals surface area contributed by atoms with Gasteiger partial charge < -0.3 is 68.5 Å². The van der Waals surface area contributed by atoms with Gasteiger partial charge in [-0.3, -0.25) is 9.69 Å². The van der Waals surface area contributed by atoms with Crippen molar-refractivity contribution in [3.05, 3.63) is 41.7 Å². The van der Waals surface area contributed by atoms with Crippen LogP contribution in [0.4, 0.5) is 19.3 Å². The van der Waals surface area contributed by atoms with E-state index in [1.165, 1.54) is 25.0 Å². The van der Waals surface area contributed by atoms with E-state index in [1.54, 1.807) is 59.3 Å². The van der Waals surface area contributed by atoms with Crippen molar-refractivity contribution in [3.63, 3.8) is 0 Å². The molecule has 1 aromatic carbocycles. The molecule has 4 fully saturated rings. The Balaban J connectivity index is 1.23. The standard InChI is InChI=1S/C51H82F2N6O14/c1-14-39-51(10,66)43(61)31(6)57(12)23-27(2)21-49(8,65)45(29(4)42(30(5)46(63)71-39)72-40-22-50(9,67-13)44(62)32(7)69-40)73-47-41(60)38(19-28(3)68-47)56(11)18-17-33-24-58(55-54-33)25-35-26-59(48(64)70-35)34-15-16-36(52)37(53)20-34/h15-16,20,24,27-32,35,38-45,47,60-62,65-66H,14,17-19,21-23,25-26H2,1-13H3/t27-,28-,29?,30-,31-,32+,35+,38+,39-,40+,41-,42+,43?,44+,45-,47+,49-,50-,51-/m1/s1. The number of aliphatic hydroxyl groups excluding tert-OH is 3. The number of benzene rings is 1. The van der Waals surface area contributed by atoms with E-state index in [0.29, 0.717) is 31.6 Å². The summed E-state index contributed by atoms with van der Waals surface area (Å²) in [5.74, 6) is -5.02. The van der Waals surface area contributed by atoms with E-state index in [9.17, 15) is 43.9 Å². The number of carbonyl (C=O) groups is 2. The number of hydrogen-bond acceptors (Lipinski definition) is 18. The first-order valence-corrected chi connectivity index (χ1v) is 25.7. The van der Waals surface area contributed by atoms with Crippen LogP contribution < -0.4 is 4.90 Å². The molecule has 73 heavy (non-hydrogen) atoms. The first-order valence-electron chi connectivity index (χ1n) is 25.7. The summed E-state index contributed by atoms with van der Waals surface area (Å²) in [6.45, 7) is 18.4. The van der Waals surface area contributed by atoms with Gasteiger partial charge in [-0.15, -0.1) is 5.10 Å². The molecule has 4 aliphatic heterocycles. The number of cyclic esters (lactones) is 2. The Hall–Kier alpha value is -3.52. The number of aliphatic hydroxyl groups is 5. The number of halogens is 2. The van der Waals surface area contributed by atoms with Gasteiger partial charge in [-0.25, -0.2) is 18.3 Å². The van der Waals surface area contributed by atoms with E-state index in [2.05, 4.69) is 10.3 Å². The van der Waals surface area contributed by atoms with Gasteiger partial charge in [0.15, 0.2) is 24.2 Å². The van der Waals surface area contributed by atoms with Crippen LogP contribution in [0.15, 0.2) is 24.4 Å². The highest BCUT2D eigenvalue weighted by Gasteiger charge is 2.53. The molecule has 0 bridgehead atoms. The number of hydrogen-bond donors (Lipinski definition) is 5. The summed E-state index contributed by atoms with van der Waals surface area (Å²) >= 11 is 0. The number of ether oxygens (including phenoxy) is 7. The second-order valence-electron chi connectivity index (χ2n) is 22.1. The minimum Gasteiger partial charge on any atom is -0.459 e. The summed E-state index contributed by atoms with van der Waals surface area (Å²) < 4.78 is 72.7. The fourth-order valence-electron chi connectivity index (χ4n) is 11.3. The van der Waals surface area contributed by atoms with Crippen molar-refractivity contribution in [2.75, 3.05) is 45.7 Å². The fourth-order valence-corrected chi connectivity index (χ4v) is 11.3. The quantitative estimate of drug-likeness (QED) is 0.181. The molecule has 1 aromatic heterocycles. The maximum Gasteiger partial charge on any atom is 0.414 e. The average Bonchev–Trinajstić information content (AvgIpc) is 3.94. The van der Waals surface area contributed by atoms with Crippen molar-refractivity contribution >= 4 is 17.7 Å². The molecular weight excluding hydrogens is 959 g/mol. The van der Waals surface area contributed by atoms with Gasteiger partial charge in [-0.1, -0.05) is 26.0 Å². The first kappa shape index (κ1) is 58.7. The lowest BCUT2D eigenvalue weighted by Crippen LogP contribution is -2.61. The second kappa shape index (κ2) is 23.8. The van der Waals surface area contributed by atoms with Crippen LogP contribution in [0.2, 0.25) is 0 Å². The molecular formula is C51H82F2N6O14. The molecule has 4 saturated heterocycles. The molecule has 5 heterocycles. The van der Waals surface area contributed by atoms with E-state index in [4.69, 9.17) is 33.2 Å². The van der Waals surface area contributed by atoms with Gasteiger partial charge in [0.1, 0.15) is 36.1 Å². The molecule has 1 amide bonds. The van der Waals surface area contributed by atoms with Crippen molar-refractivity contribution in [1.82, 2.24) is 24.8 Å². The molecule has 2 aromatic rings. The second-order valence-corrected chi connectivity index (χ2v) is 22.1. The number of esters is 1. The van der Waals surface area contributed by atoms with Gasteiger partial charge in [-0.2, -0.15) is 0 Å². The number of amides is 1. The Kier molecular flexibility index (Phi) is 19.1. The summed E-state index contributed by atoms with van der Waals surface area (Å²) in [6, 6.07) is 2.10. The Morgan fingerprint density at radius 3 is 2.29 bits per heavy atom. The molecule has 0 aliphatic carbocycles. The van der Waals surface area contributed by atoms with Gasteiger partial charge in [0.2, 0.25) is 0 Å². The Morgan fingerprint density at radius 1 is 0.932 bits per heavy atom. The lowest BCUT2D eigenvalue weighted by molar-refractivity contribution is -0.318. The molecule has 0 radical (unpaired) electrons. The number of anilines is 1.